The standard InChI is InChI=1S/C13H23N3O4/c1-13(20,7-11(17)18)9-14-12(19)16-6-5-15-4-2-3-10(15)8-16/h10,20H,2-9H2,1H3,(H,14,19)(H,17,18). The van der Waals surface area contributed by atoms with Gasteiger partial charge in [0, 0.05) is 32.2 Å². The molecule has 2 aliphatic heterocycles. The first-order chi connectivity index (χ1) is 9.37. The van der Waals surface area contributed by atoms with Crippen LogP contribution in [-0.4, -0.2) is 76.4 Å². The number of carboxylic acid groups (broad SMARTS) is 1. The van der Waals surface area contributed by atoms with Gasteiger partial charge in [-0.2, -0.15) is 0 Å². The van der Waals surface area contributed by atoms with Crippen LogP contribution < -0.4 is 5.32 Å². The van der Waals surface area contributed by atoms with Crippen molar-refractivity contribution in [2.45, 2.75) is 37.8 Å². The van der Waals surface area contributed by atoms with E-state index in [0.717, 1.165) is 19.5 Å². The van der Waals surface area contributed by atoms with E-state index in [9.17, 15) is 14.7 Å². The quantitative estimate of drug-likeness (QED) is 0.659. The number of nitrogens with zero attached hydrogens (tertiary/aromatic N) is 2. The van der Waals surface area contributed by atoms with E-state index in [2.05, 4.69) is 10.2 Å². The number of fused-ring (bicyclic) bond motifs is 1. The van der Waals surface area contributed by atoms with Gasteiger partial charge in [-0.15, -0.1) is 0 Å². The first kappa shape index (κ1) is 15.1. The van der Waals surface area contributed by atoms with E-state index in [4.69, 9.17) is 5.11 Å². The highest BCUT2D eigenvalue weighted by Gasteiger charge is 2.33. The van der Waals surface area contributed by atoms with Crippen molar-refractivity contribution in [1.82, 2.24) is 15.1 Å². The predicted molar refractivity (Wildman–Crippen MR) is 72.4 cm³/mol. The van der Waals surface area contributed by atoms with Gasteiger partial charge in [0.25, 0.3) is 0 Å². The molecule has 0 aromatic carbocycles. The zero-order valence-electron chi connectivity index (χ0n) is 11.8. The van der Waals surface area contributed by atoms with E-state index < -0.39 is 11.6 Å². The lowest BCUT2D eigenvalue weighted by Gasteiger charge is -2.37. The van der Waals surface area contributed by atoms with Crippen molar-refractivity contribution in [1.29, 1.82) is 0 Å². The van der Waals surface area contributed by atoms with Crippen LogP contribution in [0.2, 0.25) is 0 Å². The summed E-state index contributed by atoms with van der Waals surface area (Å²) in [5.74, 6) is -1.08. The van der Waals surface area contributed by atoms with Gasteiger partial charge >= 0.3 is 12.0 Å². The topological polar surface area (TPSA) is 93.1 Å². The predicted octanol–water partition coefficient (Wildman–Crippen LogP) is -0.298. The lowest BCUT2D eigenvalue weighted by molar-refractivity contribution is -0.141. The maximum atomic E-state index is 12.1. The second-order valence-corrected chi connectivity index (χ2v) is 6.00. The fourth-order valence-corrected chi connectivity index (χ4v) is 2.94. The van der Waals surface area contributed by atoms with Crippen LogP contribution in [0, 0.1) is 0 Å². The van der Waals surface area contributed by atoms with E-state index in [0.29, 0.717) is 19.1 Å². The average Bonchev–Trinajstić information content (AvgIpc) is 2.81. The minimum Gasteiger partial charge on any atom is -0.481 e. The summed E-state index contributed by atoms with van der Waals surface area (Å²) in [6.45, 7) is 4.77. The summed E-state index contributed by atoms with van der Waals surface area (Å²) in [6, 6.07) is 0.233. The van der Waals surface area contributed by atoms with Crippen molar-refractivity contribution in [3.05, 3.63) is 0 Å². The lowest BCUT2D eigenvalue weighted by atomic mass is 10.0. The molecule has 0 radical (unpaired) electrons. The Morgan fingerprint density at radius 3 is 2.80 bits per heavy atom. The Kier molecular flexibility index (Phi) is 4.49. The summed E-state index contributed by atoms with van der Waals surface area (Å²) in [5.41, 5.74) is -1.42. The molecule has 2 heterocycles. The molecule has 2 saturated heterocycles. The number of rotatable bonds is 4. The highest BCUT2D eigenvalue weighted by atomic mass is 16.4. The molecule has 2 atom stereocenters. The van der Waals surface area contributed by atoms with E-state index in [1.165, 1.54) is 13.3 Å². The first-order valence-electron chi connectivity index (χ1n) is 7.08. The molecule has 7 heteroatoms. The number of urea groups is 1. The largest absolute Gasteiger partial charge is 0.481 e. The zero-order valence-corrected chi connectivity index (χ0v) is 11.8. The highest BCUT2D eigenvalue weighted by molar-refractivity contribution is 5.74. The smallest absolute Gasteiger partial charge is 0.317 e. The lowest BCUT2D eigenvalue weighted by Crippen LogP contribution is -2.56. The van der Waals surface area contributed by atoms with Crippen LogP contribution in [0.5, 0.6) is 0 Å². The summed E-state index contributed by atoms with van der Waals surface area (Å²) < 4.78 is 0. The van der Waals surface area contributed by atoms with Crippen LogP contribution in [0.3, 0.4) is 0 Å². The number of hydrogen-bond donors (Lipinski definition) is 3. The highest BCUT2D eigenvalue weighted by Crippen LogP contribution is 2.21. The van der Waals surface area contributed by atoms with Crippen molar-refractivity contribution in [3.8, 4) is 0 Å². The number of hydrogen-bond acceptors (Lipinski definition) is 4. The Labute approximate surface area is 118 Å². The molecule has 0 saturated carbocycles. The van der Waals surface area contributed by atoms with Crippen molar-refractivity contribution in [2.75, 3.05) is 32.7 Å². The van der Waals surface area contributed by atoms with E-state index >= 15 is 0 Å². The van der Waals surface area contributed by atoms with Gasteiger partial charge in [-0.05, 0) is 26.3 Å². The molecule has 0 aromatic heterocycles. The molecule has 0 bridgehead atoms. The van der Waals surface area contributed by atoms with E-state index in [1.807, 2.05) is 0 Å². The monoisotopic (exact) mass is 285 g/mol. The first-order valence-corrected chi connectivity index (χ1v) is 7.08. The van der Waals surface area contributed by atoms with Crippen molar-refractivity contribution in [2.24, 2.45) is 0 Å². The van der Waals surface area contributed by atoms with Gasteiger partial charge in [-0.25, -0.2) is 4.79 Å². The van der Waals surface area contributed by atoms with Gasteiger partial charge in [0.15, 0.2) is 0 Å². The number of carbonyl (C=O) groups is 2. The normalized spacial score (nSPS) is 25.9. The van der Waals surface area contributed by atoms with Crippen LogP contribution in [0.25, 0.3) is 0 Å². The number of carbonyl (C=O) groups excluding carboxylic acids is 1. The summed E-state index contributed by atoms with van der Waals surface area (Å²) in [4.78, 5) is 26.8. The van der Waals surface area contributed by atoms with E-state index in [-0.39, 0.29) is 19.0 Å². The summed E-state index contributed by atoms with van der Waals surface area (Å²) in [5, 5.41) is 21.2. The second-order valence-electron chi connectivity index (χ2n) is 6.00. The molecule has 20 heavy (non-hydrogen) atoms. The summed E-state index contributed by atoms with van der Waals surface area (Å²) in [7, 11) is 0. The molecule has 2 aliphatic rings. The Balaban J connectivity index is 1.78. The van der Waals surface area contributed by atoms with Gasteiger partial charge in [-0.1, -0.05) is 0 Å². The minimum atomic E-state index is -1.42. The zero-order chi connectivity index (χ0) is 14.8. The van der Waals surface area contributed by atoms with Crippen LogP contribution in [0.4, 0.5) is 4.79 Å². The van der Waals surface area contributed by atoms with Crippen LogP contribution >= 0.6 is 0 Å². The maximum Gasteiger partial charge on any atom is 0.317 e. The van der Waals surface area contributed by atoms with Gasteiger partial charge < -0.3 is 20.4 Å². The minimum absolute atomic E-state index is 0.0526. The molecule has 7 nitrogen and oxygen atoms in total. The van der Waals surface area contributed by atoms with Gasteiger partial charge in [0.1, 0.15) is 0 Å². The molecule has 2 rings (SSSR count). The molecule has 114 valence electrons. The third kappa shape index (κ3) is 3.83. The summed E-state index contributed by atoms with van der Waals surface area (Å²) >= 11 is 0. The Hall–Kier alpha value is -1.34. The Bertz CT molecular complexity index is 386. The van der Waals surface area contributed by atoms with Crippen LogP contribution in [0.15, 0.2) is 0 Å². The maximum absolute atomic E-state index is 12.1. The molecule has 2 unspecified atom stereocenters. The number of aliphatic hydroxyl groups is 1. The number of aliphatic carboxylic acids is 1. The van der Waals surface area contributed by atoms with Gasteiger partial charge in [0.2, 0.25) is 0 Å². The number of nitrogens with one attached hydrogen (secondary N) is 1. The molecular formula is C13H23N3O4. The molecular weight excluding hydrogens is 262 g/mol. The molecule has 3 N–H and O–H groups in total. The van der Waals surface area contributed by atoms with Crippen LogP contribution in [0.1, 0.15) is 26.2 Å². The Morgan fingerprint density at radius 1 is 1.35 bits per heavy atom. The summed E-state index contributed by atoms with van der Waals surface area (Å²) in [6.07, 6.45) is 1.93. The van der Waals surface area contributed by atoms with Crippen molar-refractivity contribution >= 4 is 12.0 Å². The average molecular weight is 285 g/mol. The van der Waals surface area contributed by atoms with Gasteiger partial charge in [0.05, 0.1) is 12.0 Å². The van der Waals surface area contributed by atoms with Crippen molar-refractivity contribution in [3.63, 3.8) is 0 Å². The molecule has 0 aliphatic carbocycles. The van der Waals surface area contributed by atoms with Crippen LogP contribution in [-0.2, 0) is 4.79 Å². The molecule has 2 amide bonds. The Morgan fingerprint density at radius 2 is 2.10 bits per heavy atom. The fraction of sp³-hybridized carbons (Fsp3) is 0.846. The second kappa shape index (κ2) is 5.97. The number of amides is 2. The molecule has 0 spiro atoms. The third-order valence-electron chi connectivity index (χ3n) is 4.03. The van der Waals surface area contributed by atoms with Gasteiger partial charge in [-0.3, -0.25) is 9.69 Å². The fourth-order valence-electron chi connectivity index (χ4n) is 2.94. The van der Waals surface area contributed by atoms with Crippen molar-refractivity contribution < 1.29 is 19.8 Å². The number of piperazine rings is 1. The third-order valence-corrected chi connectivity index (χ3v) is 4.03. The SMILES string of the molecule is CC(O)(CNC(=O)N1CCN2CCCC2C1)CC(=O)O. The molecule has 2 fully saturated rings. The number of carboxylic acids is 1. The molecule has 0 aromatic rings. The van der Waals surface area contributed by atoms with E-state index in [1.54, 1.807) is 4.90 Å².